The Morgan fingerprint density at radius 2 is 2.00 bits per heavy atom. The van der Waals surface area contributed by atoms with Crippen molar-refractivity contribution >= 4 is 33.3 Å². The van der Waals surface area contributed by atoms with E-state index >= 15 is 0 Å². The van der Waals surface area contributed by atoms with Gasteiger partial charge in [0.2, 0.25) is 11.0 Å². The molecule has 0 aliphatic carbocycles. The number of nitrogens with zero attached hydrogens (tertiary/aromatic N) is 3. The zero-order chi connectivity index (χ0) is 20.7. The minimum atomic E-state index is -0.0453. The quantitative estimate of drug-likeness (QED) is 0.496. The summed E-state index contributed by atoms with van der Waals surface area (Å²) in [7, 11) is 0. The van der Waals surface area contributed by atoms with Crippen LogP contribution in [-0.4, -0.2) is 27.3 Å². The van der Waals surface area contributed by atoms with Crippen LogP contribution in [0, 0.1) is 5.92 Å². The Morgan fingerprint density at radius 3 is 2.77 bits per heavy atom. The molecule has 4 aromatic rings. The molecular formula is C23H22N4O2S. The van der Waals surface area contributed by atoms with Crippen molar-refractivity contribution in [2.75, 3.05) is 11.9 Å². The monoisotopic (exact) mass is 418 g/mol. The third kappa shape index (κ3) is 3.45. The normalized spacial score (nSPS) is 16.0. The van der Waals surface area contributed by atoms with E-state index in [4.69, 9.17) is 4.74 Å². The van der Waals surface area contributed by atoms with Gasteiger partial charge in [-0.05, 0) is 35.7 Å². The zero-order valence-electron chi connectivity index (χ0n) is 16.8. The van der Waals surface area contributed by atoms with Crippen LogP contribution in [-0.2, 0) is 4.79 Å². The summed E-state index contributed by atoms with van der Waals surface area (Å²) >= 11 is 1.56. The van der Waals surface area contributed by atoms with Crippen LogP contribution in [0.2, 0.25) is 0 Å². The molecule has 3 heterocycles. The summed E-state index contributed by atoms with van der Waals surface area (Å²) < 4.78 is 8.62. The molecule has 0 bridgehead atoms. The molecule has 0 fully saturated rings. The van der Waals surface area contributed by atoms with Crippen LogP contribution < -0.4 is 10.1 Å². The molecule has 7 heteroatoms. The Balaban J connectivity index is 1.48. The average molecular weight is 419 g/mol. The molecule has 0 unspecified atom stereocenters. The maximum absolute atomic E-state index is 12.5. The van der Waals surface area contributed by atoms with Gasteiger partial charge in [-0.15, -0.1) is 0 Å². The largest absolute Gasteiger partial charge is 0.493 e. The van der Waals surface area contributed by atoms with Crippen molar-refractivity contribution < 1.29 is 9.53 Å². The molecule has 0 spiro atoms. The summed E-state index contributed by atoms with van der Waals surface area (Å²) in [6.07, 6.45) is 2.24. The first-order valence-corrected chi connectivity index (χ1v) is 10.9. The summed E-state index contributed by atoms with van der Waals surface area (Å²) in [6.45, 7) is 4.93. The van der Waals surface area contributed by atoms with Gasteiger partial charge in [0.1, 0.15) is 11.6 Å². The Morgan fingerprint density at radius 1 is 1.20 bits per heavy atom. The summed E-state index contributed by atoms with van der Waals surface area (Å²) in [6, 6.07) is 16.0. The topological polar surface area (TPSA) is 69.0 Å². The lowest BCUT2D eigenvalue weighted by atomic mass is 9.87. The first-order chi connectivity index (χ1) is 14.6. The van der Waals surface area contributed by atoms with Crippen LogP contribution in [0.5, 0.6) is 5.75 Å². The van der Waals surface area contributed by atoms with Crippen molar-refractivity contribution in [3.63, 3.8) is 0 Å². The molecule has 2 aromatic carbocycles. The molecule has 1 amide bonds. The fraction of sp³-hybridized carbons (Fsp3) is 0.261. The van der Waals surface area contributed by atoms with Crippen molar-refractivity contribution in [2.45, 2.75) is 26.2 Å². The maximum Gasteiger partial charge on any atom is 0.226 e. The van der Waals surface area contributed by atoms with E-state index in [0.717, 1.165) is 32.2 Å². The molecule has 0 radical (unpaired) electrons. The zero-order valence-corrected chi connectivity index (χ0v) is 17.6. The average Bonchev–Trinajstić information content (AvgIpc) is 3.35. The SMILES string of the molecule is CC(C)COc1ccc([C@H]2CC(=O)Nc3c2cnn3-c2nc3ccccc3s2)cc1. The summed E-state index contributed by atoms with van der Waals surface area (Å²) in [5.74, 6) is 1.96. The van der Waals surface area contributed by atoms with E-state index in [-0.39, 0.29) is 11.8 Å². The number of para-hydroxylation sites is 1. The highest BCUT2D eigenvalue weighted by atomic mass is 32.1. The number of carbonyl (C=O) groups excluding carboxylic acids is 1. The van der Waals surface area contributed by atoms with Gasteiger partial charge < -0.3 is 10.1 Å². The molecule has 0 saturated heterocycles. The summed E-state index contributed by atoms with van der Waals surface area (Å²) in [5.41, 5.74) is 3.01. The summed E-state index contributed by atoms with van der Waals surface area (Å²) in [5, 5.41) is 8.31. The van der Waals surface area contributed by atoms with E-state index in [9.17, 15) is 4.79 Å². The molecular weight excluding hydrogens is 396 g/mol. The second-order valence-electron chi connectivity index (χ2n) is 7.90. The van der Waals surface area contributed by atoms with Crippen LogP contribution >= 0.6 is 11.3 Å². The van der Waals surface area contributed by atoms with Crippen LogP contribution in [0.15, 0.2) is 54.7 Å². The smallest absolute Gasteiger partial charge is 0.226 e. The first kappa shape index (κ1) is 18.8. The van der Waals surface area contributed by atoms with Gasteiger partial charge in [0.15, 0.2) is 0 Å². The van der Waals surface area contributed by atoms with Crippen molar-refractivity contribution in [1.82, 2.24) is 14.8 Å². The van der Waals surface area contributed by atoms with Crippen LogP contribution in [0.25, 0.3) is 15.3 Å². The molecule has 152 valence electrons. The number of ether oxygens (including phenoxy) is 1. The number of anilines is 1. The lowest BCUT2D eigenvalue weighted by molar-refractivity contribution is -0.116. The standard InChI is InChI=1S/C23H22N4O2S/c1-14(2)13-29-16-9-7-15(8-10-16)17-11-21(28)26-22-18(17)12-24-27(22)23-25-19-5-3-4-6-20(19)30-23/h3-10,12,14,17H,11,13H2,1-2H3,(H,26,28)/t17-/m1/s1. The van der Waals surface area contributed by atoms with Crippen molar-refractivity contribution in [3.05, 3.63) is 65.9 Å². The summed E-state index contributed by atoms with van der Waals surface area (Å²) in [4.78, 5) is 17.2. The number of amides is 1. The van der Waals surface area contributed by atoms with E-state index in [2.05, 4.69) is 29.2 Å². The van der Waals surface area contributed by atoms with Crippen LogP contribution in [0.1, 0.15) is 37.3 Å². The first-order valence-electron chi connectivity index (χ1n) is 10.0. The highest BCUT2D eigenvalue weighted by molar-refractivity contribution is 7.20. The fourth-order valence-electron chi connectivity index (χ4n) is 3.67. The molecule has 6 nitrogen and oxygen atoms in total. The van der Waals surface area contributed by atoms with Gasteiger partial charge in [0.25, 0.3) is 0 Å². The predicted molar refractivity (Wildman–Crippen MR) is 119 cm³/mol. The number of hydrogen-bond acceptors (Lipinski definition) is 5. The van der Waals surface area contributed by atoms with Crippen molar-refractivity contribution in [2.24, 2.45) is 5.92 Å². The Kier molecular flexibility index (Phi) is 4.75. The van der Waals surface area contributed by atoms with Crippen LogP contribution in [0.4, 0.5) is 5.82 Å². The molecule has 30 heavy (non-hydrogen) atoms. The van der Waals surface area contributed by atoms with E-state index in [1.165, 1.54) is 0 Å². The number of thiazole rings is 1. The van der Waals surface area contributed by atoms with Gasteiger partial charge >= 0.3 is 0 Å². The molecule has 1 N–H and O–H groups in total. The fourth-order valence-corrected chi connectivity index (χ4v) is 4.60. The molecule has 1 aliphatic rings. The van der Waals surface area contributed by atoms with Gasteiger partial charge in [0.05, 0.1) is 23.0 Å². The van der Waals surface area contributed by atoms with E-state index in [0.29, 0.717) is 24.8 Å². The lowest BCUT2D eigenvalue weighted by Gasteiger charge is -2.23. The molecule has 5 rings (SSSR count). The van der Waals surface area contributed by atoms with Crippen LogP contribution in [0.3, 0.4) is 0 Å². The third-order valence-electron chi connectivity index (χ3n) is 5.15. The maximum atomic E-state index is 12.5. The predicted octanol–water partition coefficient (Wildman–Crippen LogP) is 4.99. The Labute approximate surface area is 178 Å². The second kappa shape index (κ2) is 7.57. The van der Waals surface area contributed by atoms with Crippen molar-refractivity contribution in [3.8, 4) is 10.9 Å². The molecule has 1 aliphatic heterocycles. The Hall–Kier alpha value is -3.19. The van der Waals surface area contributed by atoms with Gasteiger partial charge in [-0.25, -0.2) is 4.98 Å². The molecule has 0 saturated carbocycles. The number of benzene rings is 2. The number of aromatic nitrogens is 3. The van der Waals surface area contributed by atoms with Crippen molar-refractivity contribution in [1.29, 1.82) is 0 Å². The third-order valence-corrected chi connectivity index (χ3v) is 6.16. The van der Waals surface area contributed by atoms with Gasteiger partial charge in [-0.2, -0.15) is 9.78 Å². The van der Waals surface area contributed by atoms with E-state index in [1.807, 2.05) is 54.7 Å². The highest BCUT2D eigenvalue weighted by Crippen LogP contribution is 2.39. The molecule has 2 aromatic heterocycles. The number of fused-ring (bicyclic) bond motifs is 2. The highest BCUT2D eigenvalue weighted by Gasteiger charge is 2.31. The number of carbonyl (C=O) groups is 1. The Bertz CT molecular complexity index is 1180. The lowest BCUT2D eigenvalue weighted by Crippen LogP contribution is -2.24. The van der Waals surface area contributed by atoms with Gasteiger partial charge in [0, 0.05) is 17.9 Å². The van der Waals surface area contributed by atoms with Gasteiger partial charge in [-0.3, -0.25) is 4.79 Å². The van der Waals surface area contributed by atoms with E-state index in [1.54, 1.807) is 16.0 Å². The van der Waals surface area contributed by atoms with E-state index < -0.39 is 0 Å². The molecule has 1 atom stereocenters. The minimum Gasteiger partial charge on any atom is -0.493 e. The number of hydrogen-bond donors (Lipinski definition) is 1. The van der Waals surface area contributed by atoms with Gasteiger partial charge in [-0.1, -0.05) is 49.4 Å². The minimum absolute atomic E-state index is 0.0181. The second-order valence-corrected chi connectivity index (χ2v) is 8.91. The number of nitrogens with one attached hydrogen (secondary N) is 1. The number of rotatable bonds is 5.